The molecule has 2 aromatic rings. The summed E-state index contributed by atoms with van der Waals surface area (Å²) in [5, 5.41) is 12.6. The van der Waals surface area contributed by atoms with Crippen LogP contribution in [-0.2, 0) is 9.84 Å². The molecule has 6 heteroatoms. The molecule has 0 aliphatic heterocycles. The van der Waals surface area contributed by atoms with Gasteiger partial charge in [0.05, 0.1) is 21.9 Å². The minimum absolute atomic E-state index is 0.0550. The maximum atomic E-state index is 12.1. The predicted molar refractivity (Wildman–Crippen MR) is 87.8 cm³/mol. The van der Waals surface area contributed by atoms with E-state index in [2.05, 4.69) is 11.4 Å². The topological polar surface area (TPSA) is 70.0 Å². The summed E-state index contributed by atoms with van der Waals surface area (Å²) in [4.78, 5) is 0.333. The maximum Gasteiger partial charge on any atom is 0.178 e. The third-order valence-electron chi connectivity index (χ3n) is 3.11. The van der Waals surface area contributed by atoms with E-state index in [1.165, 1.54) is 0 Å². The molecule has 0 bridgehead atoms. The molecule has 0 unspecified atom stereocenters. The van der Waals surface area contributed by atoms with E-state index >= 15 is 0 Å². The third kappa shape index (κ3) is 4.23. The Morgan fingerprint density at radius 3 is 2.55 bits per heavy atom. The molecule has 1 N–H and O–H groups in total. The fraction of sp³-hybridized carbons (Fsp3) is 0.188. The zero-order chi connectivity index (χ0) is 16.0. The molecule has 0 aliphatic rings. The van der Waals surface area contributed by atoms with Gasteiger partial charge in [0.1, 0.15) is 6.07 Å². The van der Waals surface area contributed by atoms with Crippen molar-refractivity contribution in [1.29, 1.82) is 5.26 Å². The van der Waals surface area contributed by atoms with Crippen molar-refractivity contribution in [3.8, 4) is 6.07 Å². The van der Waals surface area contributed by atoms with Crippen molar-refractivity contribution in [2.24, 2.45) is 0 Å². The highest BCUT2D eigenvalue weighted by atomic mass is 35.5. The molecule has 4 nitrogen and oxygen atoms in total. The van der Waals surface area contributed by atoms with Gasteiger partial charge < -0.3 is 5.32 Å². The van der Waals surface area contributed by atoms with Crippen LogP contribution in [0.3, 0.4) is 0 Å². The van der Waals surface area contributed by atoms with Crippen LogP contribution in [0.25, 0.3) is 0 Å². The lowest BCUT2D eigenvalue weighted by atomic mass is 10.2. The van der Waals surface area contributed by atoms with Gasteiger partial charge in [0.25, 0.3) is 0 Å². The fourth-order valence-corrected chi connectivity index (χ4v) is 3.50. The molecule has 0 aliphatic carbocycles. The number of sulfone groups is 1. The molecule has 0 amide bonds. The van der Waals surface area contributed by atoms with Gasteiger partial charge in [-0.15, -0.1) is 0 Å². The van der Waals surface area contributed by atoms with Crippen molar-refractivity contribution in [2.45, 2.75) is 11.3 Å². The van der Waals surface area contributed by atoms with Crippen LogP contribution in [0.1, 0.15) is 12.0 Å². The normalized spacial score (nSPS) is 10.9. The molecule has 114 valence electrons. The van der Waals surface area contributed by atoms with Crippen molar-refractivity contribution in [3.05, 3.63) is 59.1 Å². The number of nitriles is 1. The Labute approximate surface area is 135 Å². The van der Waals surface area contributed by atoms with E-state index < -0.39 is 9.84 Å². The molecule has 0 aromatic heterocycles. The first-order valence-electron chi connectivity index (χ1n) is 6.74. The highest BCUT2D eigenvalue weighted by molar-refractivity contribution is 7.91. The molecule has 0 radical (unpaired) electrons. The van der Waals surface area contributed by atoms with Crippen LogP contribution in [0.4, 0.5) is 5.69 Å². The lowest BCUT2D eigenvalue weighted by Crippen LogP contribution is -2.12. The van der Waals surface area contributed by atoms with Gasteiger partial charge in [-0.05, 0) is 36.8 Å². The molecule has 0 heterocycles. The molecular weight excluding hydrogens is 320 g/mol. The Morgan fingerprint density at radius 1 is 1.14 bits per heavy atom. The maximum absolute atomic E-state index is 12.1. The fourth-order valence-electron chi connectivity index (χ4n) is 1.99. The number of rotatable bonds is 6. The van der Waals surface area contributed by atoms with Gasteiger partial charge in [-0.2, -0.15) is 5.26 Å². The smallest absolute Gasteiger partial charge is 0.178 e. The largest absolute Gasteiger partial charge is 0.384 e. The van der Waals surface area contributed by atoms with Gasteiger partial charge in [0.2, 0.25) is 0 Å². The Balaban J connectivity index is 1.92. The summed E-state index contributed by atoms with van der Waals surface area (Å²) in [5.41, 5.74) is 1.10. The molecule has 2 aromatic carbocycles. The number of benzene rings is 2. The predicted octanol–water partition coefficient (Wildman–Crippen LogP) is 3.49. The van der Waals surface area contributed by atoms with Crippen LogP contribution in [0.2, 0.25) is 5.02 Å². The van der Waals surface area contributed by atoms with Gasteiger partial charge in [-0.1, -0.05) is 29.8 Å². The second-order valence-electron chi connectivity index (χ2n) is 4.71. The van der Waals surface area contributed by atoms with E-state index in [-0.39, 0.29) is 5.75 Å². The van der Waals surface area contributed by atoms with Crippen LogP contribution in [-0.4, -0.2) is 20.7 Å². The summed E-state index contributed by atoms with van der Waals surface area (Å²) in [6, 6.07) is 15.4. The van der Waals surface area contributed by atoms with Crippen LogP contribution >= 0.6 is 11.6 Å². The number of nitrogens with one attached hydrogen (secondary N) is 1. The van der Waals surface area contributed by atoms with Crippen molar-refractivity contribution in [2.75, 3.05) is 17.6 Å². The van der Waals surface area contributed by atoms with Crippen molar-refractivity contribution < 1.29 is 8.42 Å². The van der Waals surface area contributed by atoms with E-state index in [0.717, 1.165) is 0 Å². The van der Waals surface area contributed by atoms with Crippen LogP contribution in [0.5, 0.6) is 0 Å². The number of nitrogens with zero attached hydrogens (tertiary/aromatic N) is 1. The van der Waals surface area contributed by atoms with Gasteiger partial charge in [0.15, 0.2) is 9.84 Å². The molecular formula is C16H15ClN2O2S. The second kappa shape index (κ2) is 7.30. The first-order valence-corrected chi connectivity index (χ1v) is 8.77. The minimum Gasteiger partial charge on any atom is -0.384 e. The monoisotopic (exact) mass is 334 g/mol. The van der Waals surface area contributed by atoms with Gasteiger partial charge >= 0.3 is 0 Å². The first kappa shape index (κ1) is 16.3. The molecule has 0 saturated heterocycles. The summed E-state index contributed by atoms with van der Waals surface area (Å²) in [5.74, 6) is 0.0550. The van der Waals surface area contributed by atoms with Crippen molar-refractivity contribution in [1.82, 2.24) is 0 Å². The van der Waals surface area contributed by atoms with Gasteiger partial charge in [-0.3, -0.25) is 0 Å². The SMILES string of the molecule is N#Cc1cc(Cl)ccc1NCCCS(=O)(=O)c1ccccc1. The Hall–Kier alpha value is -2.03. The third-order valence-corrected chi connectivity index (χ3v) is 5.16. The van der Waals surface area contributed by atoms with E-state index in [9.17, 15) is 8.42 Å². The average molecular weight is 335 g/mol. The molecule has 0 saturated carbocycles. The summed E-state index contributed by atoms with van der Waals surface area (Å²) in [6.45, 7) is 0.461. The molecule has 0 spiro atoms. The standard InChI is InChI=1S/C16H15ClN2O2S/c17-14-7-8-16(13(11-14)12-18)19-9-4-10-22(20,21)15-5-2-1-3-6-15/h1-3,5-8,11,19H,4,9-10H2. The Kier molecular flexibility index (Phi) is 5.42. The van der Waals surface area contributed by atoms with Gasteiger partial charge in [0, 0.05) is 11.6 Å². The van der Waals surface area contributed by atoms with Crippen LogP contribution < -0.4 is 5.32 Å². The average Bonchev–Trinajstić information content (AvgIpc) is 2.53. The molecule has 2 rings (SSSR count). The van der Waals surface area contributed by atoms with Gasteiger partial charge in [-0.25, -0.2) is 8.42 Å². The van der Waals surface area contributed by atoms with Crippen LogP contribution in [0, 0.1) is 11.3 Å². The van der Waals surface area contributed by atoms with Crippen molar-refractivity contribution in [3.63, 3.8) is 0 Å². The number of hydrogen-bond donors (Lipinski definition) is 1. The highest BCUT2D eigenvalue weighted by Gasteiger charge is 2.13. The van der Waals surface area contributed by atoms with E-state index in [1.807, 2.05) is 0 Å². The summed E-state index contributed by atoms with van der Waals surface area (Å²) < 4.78 is 24.2. The highest BCUT2D eigenvalue weighted by Crippen LogP contribution is 2.20. The summed E-state index contributed by atoms with van der Waals surface area (Å²) >= 11 is 5.83. The summed E-state index contributed by atoms with van der Waals surface area (Å²) in [6.07, 6.45) is 0.449. The molecule has 0 fully saturated rings. The second-order valence-corrected chi connectivity index (χ2v) is 7.26. The molecule has 0 atom stereocenters. The first-order chi connectivity index (χ1) is 10.5. The number of hydrogen-bond acceptors (Lipinski definition) is 4. The van der Waals surface area contributed by atoms with Crippen LogP contribution in [0.15, 0.2) is 53.4 Å². The minimum atomic E-state index is -3.26. The zero-order valence-electron chi connectivity index (χ0n) is 11.8. The number of anilines is 1. The van der Waals surface area contributed by atoms with E-state index in [1.54, 1.807) is 48.5 Å². The summed E-state index contributed by atoms with van der Waals surface area (Å²) in [7, 11) is -3.26. The van der Waals surface area contributed by atoms with E-state index in [4.69, 9.17) is 16.9 Å². The van der Waals surface area contributed by atoms with E-state index in [0.29, 0.717) is 34.1 Å². The number of halogens is 1. The lowest BCUT2D eigenvalue weighted by Gasteiger charge is -2.09. The van der Waals surface area contributed by atoms with Crippen molar-refractivity contribution >= 4 is 27.1 Å². The molecule has 22 heavy (non-hydrogen) atoms. The quantitative estimate of drug-likeness (QED) is 0.821. The lowest BCUT2D eigenvalue weighted by molar-refractivity contribution is 0.594. The zero-order valence-corrected chi connectivity index (χ0v) is 13.4. The Morgan fingerprint density at radius 2 is 1.86 bits per heavy atom. The Bertz CT molecular complexity index is 784.